The van der Waals surface area contributed by atoms with Crippen LogP contribution < -0.4 is 10.5 Å². The molecule has 0 aromatic heterocycles. The molecular formula is C12H19NO2. The number of aryl methyl sites for hydroxylation is 1. The van der Waals surface area contributed by atoms with Crippen molar-refractivity contribution in [3.8, 4) is 5.75 Å². The lowest BCUT2D eigenvalue weighted by atomic mass is 10.0. The largest absolute Gasteiger partial charge is 0.496 e. The molecule has 0 amide bonds. The van der Waals surface area contributed by atoms with Crippen molar-refractivity contribution in [2.24, 2.45) is 5.73 Å². The number of hydrogen-bond donors (Lipinski definition) is 2. The zero-order valence-electron chi connectivity index (χ0n) is 9.36. The molecule has 15 heavy (non-hydrogen) atoms. The van der Waals surface area contributed by atoms with Gasteiger partial charge in [0.05, 0.1) is 13.2 Å². The van der Waals surface area contributed by atoms with E-state index in [0.29, 0.717) is 13.0 Å². The molecule has 3 N–H and O–H groups in total. The van der Waals surface area contributed by atoms with E-state index < -0.39 is 6.10 Å². The van der Waals surface area contributed by atoms with Crippen molar-refractivity contribution in [1.29, 1.82) is 0 Å². The van der Waals surface area contributed by atoms with Crippen molar-refractivity contribution >= 4 is 0 Å². The summed E-state index contributed by atoms with van der Waals surface area (Å²) in [7, 11) is 1.61. The minimum Gasteiger partial charge on any atom is -0.496 e. The number of benzene rings is 1. The molecule has 3 nitrogen and oxygen atoms in total. The summed E-state index contributed by atoms with van der Waals surface area (Å²) in [6.45, 7) is 2.60. The Kier molecular flexibility index (Phi) is 4.59. The topological polar surface area (TPSA) is 55.5 Å². The second kappa shape index (κ2) is 5.73. The van der Waals surface area contributed by atoms with Gasteiger partial charge < -0.3 is 15.6 Å². The van der Waals surface area contributed by atoms with Gasteiger partial charge in [0.15, 0.2) is 0 Å². The number of aliphatic hydroxyl groups excluding tert-OH is 1. The normalized spacial score (nSPS) is 12.5. The first-order chi connectivity index (χ1) is 7.19. The molecule has 0 heterocycles. The van der Waals surface area contributed by atoms with Crippen molar-refractivity contribution in [2.75, 3.05) is 13.7 Å². The third-order valence-corrected chi connectivity index (χ3v) is 2.43. The molecular weight excluding hydrogens is 190 g/mol. The standard InChI is InChI=1S/C12H19NO2/c1-9-5-6-12(15-2)10(8-9)11(14)4-3-7-13/h5-6,8,11,14H,3-4,7,13H2,1-2H3. The molecule has 1 unspecified atom stereocenters. The Labute approximate surface area is 90.9 Å². The summed E-state index contributed by atoms with van der Waals surface area (Å²) in [6, 6.07) is 5.81. The molecule has 84 valence electrons. The molecule has 0 saturated carbocycles. The molecule has 0 bridgehead atoms. The molecule has 3 heteroatoms. The third-order valence-electron chi connectivity index (χ3n) is 2.43. The molecule has 0 radical (unpaired) electrons. The molecule has 1 atom stereocenters. The number of methoxy groups -OCH3 is 1. The van der Waals surface area contributed by atoms with Crippen LogP contribution in [0.4, 0.5) is 0 Å². The molecule has 0 aliphatic heterocycles. The number of hydrogen-bond acceptors (Lipinski definition) is 3. The Hall–Kier alpha value is -1.06. The van der Waals surface area contributed by atoms with Crippen molar-refractivity contribution in [1.82, 2.24) is 0 Å². The Morgan fingerprint density at radius 3 is 2.80 bits per heavy atom. The summed E-state index contributed by atoms with van der Waals surface area (Å²) in [5, 5.41) is 9.95. The molecule has 1 rings (SSSR count). The summed E-state index contributed by atoms with van der Waals surface area (Å²) in [4.78, 5) is 0. The third kappa shape index (κ3) is 3.22. The minimum absolute atomic E-state index is 0.483. The van der Waals surface area contributed by atoms with Crippen LogP contribution in [0.3, 0.4) is 0 Å². The molecule has 1 aromatic rings. The predicted octanol–water partition coefficient (Wildman–Crippen LogP) is 1.78. The maximum atomic E-state index is 9.95. The second-order valence-electron chi connectivity index (χ2n) is 3.69. The highest BCUT2D eigenvalue weighted by Crippen LogP contribution is 2.28. The highest BCUT2D eigenvalue weighted by atomic mass is 16.5. The van der Waals surface area contributed by atoms with E-state index in [0.717, 1.165) is 23.3 Å². The molecule has 0 spiro atoms. The predicted molar refractivity (Wildman–Crippen MR) is 61.0 cm³/mol. The first-order valence-corrected chi connectivity index (χ1v) is 5.21. The Balaban J connectivity index is 2.85. The van der Waals surface area contributed by atoms with E-state index in [9.17, 15) is 5.11 Å². The van der Waals surface area contributed by atoms with E-state index in [1.54, 1.807) is 7.11 Å². The van der Waals surface area contributed by atoms with Crippen molar-refractivity contribution in [3.63, 3.8) is 0 Å². The van der Waals surface area contributed by atoms with E-state index in [1.807, 2.05) is 25.1 Å². The average Bonchev–Trinajstić information content (AvgIpc) is 2.25. The van der Waals surface area contributed by atoms with Crippen LogP contribution >= 0.6 is 0 Å². The van der Waals surface area contributed by atoms with Gasteiger partial charge in [0.1, 0.15) is 5.75 Å². The number of rotatable bonds is 5. The van der Waals surface area contributed by atoms with Gasteiger partial charge >= 0.3 is 0 Å². The molecule has 0 aliphatic rings. The van der Waals surface area contributed by atoms with Gasteiger partial charge in [0.25, 0.3) is 0 Å². The Morgan fingerprint density at radius 2 is 2.20 bits per heavy atom. The fourth-order valence-electron chi connectivity index (χ4n) is 1.58. The lowest BCUT2D eigenvalue weighted by Gasteiger charge is -2.15. The molecule has 0 aliphatic carbocycles. The SMILES string of the molecule is COc1ccc(C)cc1C(O)CCCN. The van der Waals surface area contributed by atoms with Crippen LogP contribution in [0.15, 0.2) is 18.2 Å². The van der Waals surface area contributed by atoms with Gasteiger partial charge in [0, 0.05) is 5.56 Å². The van der Waals surface area contributed by atoms with Gasteiger partial charge in [-0.1, -0.05) is 11.6 Å². The van der Waals surface area contributed by atoms with Gasteiger partial charge in [0.2, 0.25) is 0 Å². The summed E-state index contributed by atoms with van der Waals surface area (Å²) in [6.07, 6.45) is 1.01. The second-order valence-corrected chi connectivity index (χ2v) is 3.69. The number of aliphatic hydroxyl groups is 1. The van der Waals surface area contributed by atoms with Crippen LogP contribution in [0.5, 0.6) is 5.75 Å². The quantitative estimate of drug-likeness (QED) is 0.777. The average molecular weight is 209 g/mol. The van der Waals surface area contributed by atoms with Gasteiger partial charge in [-0.15, -0.1) is 0 Å². The molecule has 0 fully saturated rings. The summed E-state index contributed by atoms with van der Waals surface area (Å²) in [5.74, 6) is 0.741. The summed E-state index contributed by atoms with van der Waals surface area (Å²) in [5.41, 5.74) is 7.39. The maximum Gasteiger partial charge on any atom is 0.124 e. The lowest BCUT2D eigenvalue weighted by Crippen LogP contribution is -2.05. The van der Waals surface area contributed by atoms with Gasteiger partial charge in [-0.05, 0) is 38.4 Å². The van der Waals surface area contributed by atoms with E-state index >= 15 is 0 Å². The first-order valence-electron chi connectivity index (χ1n) is 5.21. The minimum atomic E-state index is -0.483. The maximum absolute atomic E-state index is 9.95. The van der Waals surface area contributed by atoms with Crippen LogP contribution in [0.1, 0.15) is 30.1 Å². The van der Waals surface area contributed by atoms with E-state index in [4.69, 9.17) is 10.5 Å². The van der Waals surface area contributed by atoms with Crippen molar-refractivity contribution in [3.05, 3.63) is 29.3 Å². The fourth-order valence-corrected chi connectivity index (χ4v) is 1.58. The molecule has 1 aromatic carbocycles. The van der Waals surface area contributed by atoms with Crippen LogP contribution in [0.25, 0.3) is 0 Å². The zero-order chi connectivity index (χ0) is 11.3. The fraction of sp³-hybridized carbons (Fsp3) is 0.500. The van der Waals surface area contributed by atoms with Crippen molar-refractivity contribution < 1.29 is 9.84 Å². The highest BCUT2D eigenvalue weighted by Gasteiger charge is 2.12. The monoisotopic (exact) mass is 209 g/mol. The van der Waals surface area contributed by atoms with Crippen molar-refractivity contribution in [2.45, 2.75) is 25.9 Å². The highest BCUT2D eigenvalue weighted by molar-refractivity contribution is 5.38. The van der Waals surface area contributed by atoms with Crippen LogP contribution in [-0.2, 0) is 0 Å². The number of ether oxygens (including phenoxy) is 1. The first kappa shape index (κ1) is 12.0. The van der Waals surface area contributed by atoms with Gasteiger partial charge in [-0.2, -0.15) is 0 Å². The smallest absolute Gasteiger partial charge is 0.124 e. The summed E-state index contributed by atoms with van der Waals surface area (Å²) < 4.78 is 5.21. The van der Waals surface area contributed by atoms with E-state index in [-0.39, 0.29) is 0 Å². The van der Waals surface area contributed by atoms with E-state index in [1.165, 1.54) is 0 Å². The Morgan fingerprint density at radius 1 is 1.47 bits per heavy atom. The lowest BCUT2D eigenvalue weighted by molar-refractivity contribution is 0.161. The van der Waals surface area contributed by atoms with Crippen LogP contribution in [0, 0.1) is 6.92 Å². The Bertz CT molecular complexity index is 312. The van der Waals surface area contributed by atoms with Gasteiger partial charge in [-0.3, -0.25) is 0 Å². The van der Waals surface area contributed by atoms with Crippen LogP contribution in [-0.4, -0.2) is 18.8 Å². The van der Waals surface area contributed by atoms with Gasteiger partial charge in [-0.25, -0.2) is 0 Å². The zero-order valence-corrected chi connectivity index (χ0v) is 9.36. The van der Waals surface area contributed by atoms with E-state index in [2.05, 4.69) is 0 Å². The number of nitrogens with two attached hydrogens (primary N) is 1. The van der Waals surface area contributed by atoms with Crippen LogP contribution in [0.2, 0.25) is 0 Å². The summed E-state index contributed by atoms with van der Waals surface area (Å²) >= 11 is 0. The molecule has 0 saturated heterocycles.